The van der Waals surface area contributed by atoms with Crippen molar-refractivity contribution in [3.63, 3.8) is 0 Å². The molecule has 84 valence electrons. The third-order valence-corrected chi connectivity index (χ3v) is 3.11. The van der Waals surface area contributed by atoms with Crippen LogP contribution < -0.4 is 5.73 Å². The Bertz CT molecular complexity index is 149. The first-order valence-corrected chi connectivity index (χ1v) is 6.15. The maximum Gasteiger partial charge on any atom is 0.0729 e. The monoisotopic (exact) mass is 199 g/mol. The Morgan fingerprint density at radius 3 is 2.71 bits per heavy atom. The zero-order chi connectivity index (χ0) is 10.4. The minimum absolute atomic E-state index is 0.275. The predicted octanol–water partition coefficient (Wildman–Crippen LogP) is 2.85. The molecule has 0 aromatic carbocycles. The van der Waals surface area contributed by atoms with Crippen molar-refractivity contribution in [2.45, 2.75) is 77.0 Å². The molecule has 2 nitrogen and oxygen atoms in total. The molecule has 0 aromatic rings. The van der Waals surface area contributed by atoms with Crippen LogP contribution in [0.25, 0.3) is 0 Å². The van der Waals surface area contributed by atoms with Crippen molar-refractivity contribution in [1.82, 2.24) is 0 Å². The van der Waals surface area contributed by atoms with E-state index >= 15 is 0 Å². The highest BCUT2D eigenvalue weighted by Gasteiger charge is 2.22. The van der Waals surface area contributed by atoms with Crippen molar-refractivity contribution in [2.24, 2.45) is 5.73 Å². The number of hydrogen-bond donors (Lipinski definition) is 1. The van der Waals surface area contributed by atoms with Gasteiger partial charge in [-0.1, -0.05) is 32.6 Å². The SMILES string of the molecule is CCCC(C)OC1CCCCCC1N. The highest BCUT2D eigenvalue weighted by molar-refractivity contribution is 4.77. The van der Waals surface area contributed by atoms with Crippen molar-refractivity contribution >= 4 is 0 Å². The fraction of sp³-hybridized carbons (Fsp3) is 1.00. The molecular weight excluding hydrogens is 174 g/mol. The minimum atomic E-state index is 0.275. The van der Waals surface area contributed by atoms with E-state index in [4.69, 9.17) is 10.5 Å². The first-order valence-electron chi connectivity index (χ1n) is 6.15. The fourth-order valence-electron chi connectivity index (χ4n) is 2.24. The molecule has 1 fully saturated rings. The molecule has 1 aliphatic carbocycles. The van der Waals surface area contributed by atoms with E-state index in [1.54, 1.807) is 0 Å². The highest BCUT2D eigenvalue weighted by Crippen LogP contribution is 2.21. The Kier molecular flexibility index (Phi) is 5.49. The van der Waals surface area contributed by atoms with Crippen molar-refractivity contribution in [2.75, 3.05) is 0 Å². The van der Waals surface area contributed by atoms with E-state index in [-0.39, 0.29) is 6.04 Å². The molecule has 1 aliphatic rings. The van der Waals surface area contributed by atoms with E-state index in [1.807, 2.05) is 0 Å². The number of rotatable bonds is 4. The predicted molar refractivity (Wildman–Crippen MR) is 60.3 cm³/mol. The molecule has 0 aromatic heterocycles. The molecule has 0 spiro atoms. The van der Waals surface area contributed by atoms with Crippen molar-refractivity contribution in [1.29, 1.82) is 0 Å². The van der Waals surface area contributed by atoms with Crippen LogP contribution >= 0.6 is 0 Å². The number of ether oxygens (including phenoxy) is 1. The van der Waals surface area contributed by atoms with Gasteiger partial charge in [0.15, 0.2) is 0 Å². The maximum atomic E-state index is 6.10. The Morgan fingerprint density at radius 1 is 1.29 bits per heavy atom. The lowest BCUT2D eigenvalue weighted by Crippen LogP contribution is -2.37. The first-order chi connectivity index (χ1) is 6.74. The summed E-state index contributed by atoms with van der Waals surface area (Å²) in [5.41, 5.74) is 6.10. The van der Waals surface area contributed by atoms with Gasteiger partial charge in [0.1, 0.15) is 0 Å². The van der Waals surface area contributed by atoms with Gasteiger partial charge in [-0.2, -0.15) is 0 Å². The number of hydrogen-bond acceptors (Lipinski definition) is 2. The van der Waals surface area contributed by atoms with Gasteiger partial charge >= 0.3 is 0 Å². The third-order valence-electron chi connectivity index (χ3n) is 3.11. The van der Waals surface area contributed by atoms with Crippen LogP contribution in [0, 0.1) is 0 Å². The van der Waals surface area contributed by atoms with Gasteiger partial charge in [0.2, 0.25) is 0 Å². The molecule has 1 rings (SSSR count). The van der Waals surface area contributed by atoms with E-state index in [0.717, 1.165) is 19.3 Å². The summed E-state index contributed by atoms with van der Waals surface area (Å²) in [6.07, 6.45) is 9.26. The quantitative estimate of drug-likeness (QED) is 0.707. The van der Waals surface area contributed by atoms with Gasteiger partial charge in [-0.3, -0.25) is 0 Å². The second-order valence-corrected chi connectivity index (χ2v) is 4.58. The molecule has 3 atom stereocenters. The normalized spacial score (nSPS) is 31.1. The van der Waals surface area contributed by atoms with Gasteiger partial charge in [-0.15, -0.1) is 0 Å². The lowest BCUT2D eigenvalue weighted by molar-refractivity contribution is -0.0227. The van der Waals surface area contributed by atoms with E-state index in [1.165, 1.54) is 25.7 Å². The van der Waals surface area contributed by atoms with Crippen molar-refractivity contribution in [3.05, 3.63) is 0 Å². The summed E-state index contributed by atoms with van der Waals surface area (Å²) in [6, 6.07) is 0.275. The van der Waals surface area contributed by atoms with Crippen LogP contribution in [-0.2, 0) is 4.74 Å². The molecule has 14 heavy (non-hydrogen) atoms. The summed E-state index contributed by atoms with van der Waals surface area (Å²) in [4.78, 5) is 0. The van der Waals surface area contributed by atoms with E-state index in [0.29, 0.717) is 12.2 Å². The zero-order valence-corrected chi connectivity index (χ0v) is 9.67. The topological polar surface area (TPSA) is 35.2 Å². The summed E-state index contributed by atoms with van der Waals surface area (Å²) in [6.45, 7) is 4.37. The molecule has 0 aliphatic heterocycles. The second kappa shape index (κ2) is 6.41. The van der Waals surface area contributed by atoms with Crippen LogP contribution in [0.15, 0.2) is 0 Å². The highest BCUT2D eigenvalue weighted by atomic mass is 16.5. The molecule has 2 heteroatoms. The van der Waals surface area contributed by atoms with Gasteiger partial charge < -0.3 is 10.5 Å². The lowest BCUT2D eigenvalue weighted by Gasteiger charge is -2.25. The molecule has 2 N–H and O–H groups in total. The van der Waals surface area contributed by atoms with Crippen LogP contribution in [0.5, 0.6) is 0 Å². The summed E-state index contributed by atoms with van der Waals surface area (Å²) < 4.78 is 6.00. The molecule has 0 amide bonds. The summed E-state index contributed by atoms with van der Waals surface area (Å²) in [5, 5.41) is 0. The van der Waals surface area contributed by atoms with Crippen LogP contribution in [0.1, 0.15) is 58.8 Å². The fourth-order valence-corrected chi connectivity index (χ4v) is 2.24. The van der Waals surface area contributed by atoms with Gasteiger partial charge in [0, 0.05) is 6.04 Å². The Hall–Kier alpha value is -0.0800. The molecule has 3 unspecified atom stereocenters. The van der Waals surface area contributed by atoms with E-state index < -0.39 is 0 Å². The van der Waals surface area contributed by atoms with Crippen LogP contribution in [0.4, 0.5) is 0 Å². The first kappa shape index (κ1) is 12.0. The average Bonchev–Trinajstić information content (AvgIpc) is 2.33. The largest absolute Gasteiger partial charge is 0.374 e. The molecule has 0 radical (unpaired) electrons. The Balaban J connectivity index is 2.32. The second-order valence-electron chi connectivity index (χ2n) is 4.58. The van der Waals surface area contributed by atoms with Gasteiger partial charge in [-0.05, 0) is 26.2 Å². The van der Waals surface area contributed by atoms with E-state index in [9.17, 15) is 0 Å². The van der Waals surface area contributed by atoms with Gasteiger partial charge in [0.05, 0.1) is 12.2 Å². The van der Waals surface area contributed by atoms with Crippen molar-refractivity contribution < 1.29 is 4.74 Å². The molecule has 0 bridgehead atoms. The maximum absolute atomic E-state index is 6.10. The van der Waals surface area contributed by atoms with Crippen LogP contribution in [0.2, 0.25) is 0 Å². The summed E-state index contributed by atoms with van der Waals surface area (Å²) in [5.74, 6) is 0. The number of nitrogens with two attached hydrogens (primary N) is 1. The Labute approximate surface area is 88.2 Å². The van der Waals surface area contributed by atoms with E-state index in [2.05, 4.69) is 13.8 Å². The standard InChI is InChI=1S/C12H25NO/c1-3-7-10(2)14-12-9-6-4-5-8-11(12)13/h10-12H,3-9,13H2,1-2H3. The third kappa shape index (κ3) is 3.97. The molecular formula is C12H25NO. The summed E-state index contributed by atoms with van der Waals surface area (Å²) >= 11 is 0. The molecule has 0 saturated heterocycles. The minimum Gasteiger partial charge on any atom is -0.374 e. The smallest absolute Gasteiger partial charge is 0.0729 e. The Morgan fingerprint density at radius 2 is 2.00 bits per heavy atom. The summed E-state index contributed by atoms with van der Waals surface area (Å²) in [7, 11) is 0. The lowest BCUT2D eigenvalue weighted by atomic mass is 10.1. The van der Waals surface area contributed by atoms with Gasteiger partial charge in [-0.25, -0.2) is 0 Å². The van der Waals surface area contributed by atoms with Crippen LogP contribution in [-0.4, -0.2) is 18.2 Å². The van der Waals surface area contributed by atoms with Gasteiger partial charge in [0.25, 0.3) is 0 Å². The zero-order valence-electron chi connectivity index (χ0n) is 9.67. The molecule has 0 heterocycles. The average molecular weight is 199 g/mol. The molecule has 1 saturated carbocycles. The van der Waals surface area contributed by atoms with Crippen molar-refractivity contribution in [3.8, 4) is 0 Å². The van der Waals surface area contributed by atoms with Crippen LogP contribution in [0.3, 0.4) is 0 Å².